The van der Waals surface area contributed by atoms with Gasteiger partial charge in [-0.1, -0.05) is 66.2 Å². The molecule has 4 nitrogen and oxygen atoms in total. The quantitative estimate of drug-likeness (QED) is 0.0808. The Labute approximate surface area is 266 Å². The van der Waals surface area contributed by atoms with Gasteiger partial charge in [0.05, 0.1) is 18.7 Å². The lowest BCUT2D eigenvalue weighted by molar-refractivity contribution is -0.709. The van der Waals surface area contributed by atoms with E-state index in [9.17, 15) is 0 Å². The van der Waals surface area contributed by atoms with Crippen LogP contribution in [0.25, 0.3) is 10.6 Å². The molecule has 0 bridgehead atoms. The molecule has 224 valence electrons. The predicted molar refractivity (Wildman–Crippen MR) is 179 cm³/mol. The molecule has 5 aromatic rings. The van der Waals surface area contributed by atoms with Crippen LogP contribution in [-0.2, 0) is 13.2 Å². The Morgan fingerprint density at radius 3 is 1.73 bits per heavy atom. The molecular formula is C39H39ClNO3+. The van der Waals surface area contributed by atoms with Gasteiger partial charge in [-0.3, -0.25) is 0 Å². The molecule has 5 heteroatoms. The topological polar surface area (TPSA) is 31.6 Å². The highest BCUT2D eigenvalue weighted by molar-refractivity contribution is 6.53. The minimum Gasteiger partial charge on any atom is -0.497 e. The largest absolute Gasteiger partial charge is 0.497 e. The highest BCUT2D eigenvalue weighted by Crippen LogP contribution is 2.36. The summed E-state index contributed by atoms with van der Waals surface area (Å²) in [6, 6.07) is 38.6. The second kappa shape index (κ2) is 14.8. The van der Waals surface area contributed by atoms with E-state index in [2.05, 4.69) is 73.9 Å². The fourth-order valence-electron chi connectivity index (χ4n) is 5.38. The van der Waals surface area contributed by atoms with Gasteiger partial charge in [0.15, 0.2) is 17.9 Å². The van der Waals surface area contributed by atoms with Gasteiger partial charge in [-0.25, -0.2) is 4.57 Å². The summed E-state index contributed by atoms with van der Waals surface area (Å²) in [4.78, 5) is 0. The van der Waals surface area contributed by atoms with Crippen LogP contribution in [0.15, 0.2) is 115 Å². The number of hydrogen-bond acceptors (Lipinski definition) is 3. The Morgan fingerprint density at radius 2 is 1.16 bits per heavy atom. The molecule has 0 aliphatic rings. The summed E-state index contributed by atoms with van der Waals surface area (Å²) in [5.41, 5.74) is 8.80. The first-order chi connectivity index (χ1) is 21.4. The van der Waals surface area contributed by atoms with Crippen LogP contribution in [0.4, 0.5) is 0 Å². The van der Waals surface area contributed by atoms with Crippen LogP contribution in [0.2, 0.25) is 0 Å². The number of nitrogens with zero attached hydrogens (tertiary/aromatic N) is 1. The number of pyridine rings is 1. The molecule has 0 saturated carbocycles. The number of ether oxygens (including phenoxy) is 3. The summed E-state index contributed by atoms with van der Waals surface area (Å²) in [7, 11) is 1.66. The molecule has 0 aliphatic carbocycles. The maximum Gasteiger partial charge on any atom is 0.178 e. The normalized spacial score (nSPS) is 11.6. The van der Waals surface area contributed by atoms with E-state index in [0.29, 0.717) is 18.2 Å². The molecule has 0 fully saturated rings. The van der Waals surface area contributed by atoms with E-state index in [1.165, 1.54) is 17.0 Å². The Kier molecular flexibility index (Phi) is 10.4. The molecule has 4 aromatic carbocycles. The van der Waals surface area contributed by atoms with Gasteiger partial charge in [-0.05, 0) is 83.3 Å². The number of halogens is 1. The van der Waals surface area contributed by atoms with Gasteiger partial charge in [-0.15, -0.1) is 0 Å². The summed E-state index contributed by atoms with van der Waals surface area (Å²) >= 11 is 7.13. The van der Waals surface area contributed by atoms with E-state index < -0.39 is 0 Å². The third kappa shape index (κ3) is 7.89. The Bertz CT molecular complexity index is 1670. The SMILES string of the molecule is COc1ccc(/C(Cl)=C(/c2ccc(OCCC[n+]3c(C)cc(C)cc3C)cc2)c2ccc(OCc3ccccc3)cc2)cc1. The van der Waals surface area contributed by atoms with Crippen molar-refractivity contribution >= 4 is 22.2 Å². The van der Waals surface area contributed by atoms with Gasteiger partial charge in [0.1, 0.15) is 23.9 Å². The minimum absolute atomic E-state index is 0.514. The molecule has 5 rings (SSSR count). The second-order valence-electron chi connectivity index (χ2n) is 10.9. The zero-order chi connectivity index (χ0) is 30.9. The molecule has 1 heterocycles. The first-order valence-electron chi connectivity index (χ1n) is 14.9. The fraction of sp³-hybridized carbons (Fsp3) is 0.205. The summed E-state index contributed by atoms with van der Waals surface area (Å²) in [5, 5.41) is 0.653. The van der Waals surface area contributed by atoms with Crippen LogP contribution < -0.4 is 18.8 Å². The first-order valence-corrected chi connectivity index (χ1v) is 15.3. The molecular weight excluding hydrogens is 566 g/mol. The van der Waals surface area contributed by atoms with E-state index >= 15 is 0 Å². The molecule has 0 N–H and O–H groups in total. The summed E-state index contributed by atoms with van der Waals surface area (Å²) in [6.45, 7) is 8.53. The first kappa shape index (κ1) is 30.9. The highest BCUT2D eigenvalue weighted by Gasteiger charge is 2.15. The molecule has 0 atom stereocenters. The van der Waals surface area contributed by atoms with Gasteiger partial charge in [0.25, 0.3) is 0 Å². The molecule has 0 saturated heterocycles. The van der Waals surface area contributed by atoms with Crippen molar-refractivity contribution in [3.05, 3.63) is 154 Å². The van der Waals surface area contributed by atoms with E-state index in [4.69, 9.17) is 25.8 Å². The summed E-state index contributed by atoms with van der Waals surface area (Å²) < 4.78 is 19.9. The van der Waals surface area contributed by atoms with Crippen LogP contribution in [-0.4, -0.2) is 13.7 Å². The Balaban J connectivity index is 1.33. The Morgan fingerprint density at radius 1 is 0.636 bits per heavy atom. The lowest BCUT2D eigenvalue weighted by atomic mass is 9.95. The monoisotopic (exact) mass is 604 g/mol. The maximum absolute atomic E-state index is 7.13. The molecule has 0 radical (unpaired) electrons. The van der Waals surface area contributed by atoms with Gasteiger partial charge in [-0.2, -0.15) is 0 Å². The third-order valence-corrected chi connectivity index (χ3v) is 8.02. The van der Waals surface area contributed by atoms with Crippen LogP contribution in [0.1, 0.15) is 45.6 Å². The fourth-order valence-corrected chi connectivity index (χ4v) is 5.72. The average molecular weight is 605 g/mol. The lowest BCUT2D eigenvalue weighted by Gasteiger charge is -2.15. The van der Waals surface area contributed by atoms with Crippen molar-refractivity contribution in [2.75, 3.05) is 13.7 Å². The highest BCUT2D eigenvalue weighted by atomic mass is 35.5. The number of aromatic nitrogens is 1. The van der Waals surface area contributed by atoms with Crippen molar-refractivity contribution in [2.24, 2.45) is 0 Å². The zero-order valence-corrected chi connectivity index (χ0v) is 26.6. The van der Waals surface area contributed by atoms with Crippen molar-refractivity contribution in [2.45, 2.75) is 40.3 Å². The summed E-state index contributed by atoms with van der Waals surface area (Å²) in [6.07, 6.45) is 0.921. The molecule has 0 amide bonds. The van der Waals surface area contributed by atoms with Crippen molar-refractivity contribution in [3.8, 4) is 17.2 Å². The molecule has 44 heavy (non-hydrogen) atoms. The van der Waals surface area contributed by atoms with Gasteiger partial charge >= 0.3 is 0 Å². The Hall–Kier alpha value is -4.54. The maximum atomic E-state index is 7.13. The van der Waals surface area contributed by atoms with Gasteiger partial charge < -0.3 is 14.2 Å². The average Bonchev–Trinajstić information content (AvgIpc) is 3.05. The molecule has 1 aromatic heterocycles. The van der Waals surface area contributed by atoms with Crippen molar-refractivity contribution in [3.63, 3.8) is 0 Å². The molecule has 0 spiro atoms. The molecule has 0 aliphatic heterocycles. The number of hydrogen-bond donors (Lipinski definition) is 0. The van der Waals surface area contributed by atoms with Crippen LogP contribution >= 0.6 is 11.6 Å². The van der Waals surface area contributed by atoms with E-state index in [0.717, 1.165) is 58.0 Å². The van der Waals surface area contributed by atoms with E-state index in [-0.39, 0.29) is 0 Å². The second-order valence-corrected chi connectivity index (χ2v) is 11.3. The standard InChI is InChI=1S/C39H39ClNO3/c1-28-25-29(2)41(30(3)26-28)23-8-24-43-36-19-11-32(12-20-36)38(39(40)34-15-17-35(42-4)18-16-34)33-13-21-37(22-14-33)44-27-31-9-6-5-7-10-31/h5-7,9-22,25-26H,8,23-24,27H2,1-4H3/q+1/b39-38+. The smallest absolute Gasteiger partial charge is 0.178 e. The number of aryl methyl sites for hydroxylation is 3. The van der Waals surface area contributed by atoms with E-state index in [1.807, 2.05) is 66.7 Å². The van der Waals surface area contributed by atoms with Crippen molar-refractivity contribution < 1.29 is 18.8 Å². The van der Waals surface area contributed by atoms with Crippen LogP contribution in [0, 0.1) is 20.8 Å². The van der Waals surface area contributed by atoms with Gasteiger partial charge in [0, 0.05) is 38.0 Å². The molecule has 0 unspecified atom stereocenters. The van der Waals surface area contributed by atoms with Crippen LogP contribution in [0.3, 0.4) is 0 Å². The van der Waals surface area contributed by atoms with Crippen molar-refractivity contribution in [1.29, 1.82) is 0 Å². The zero-order valence-electron chi connectivity index (χ0n) is 25.8. The predicted octanol–water partition coefficient (Wildman–Crippen LogP) is 9.11. The number of benzene rings is 4. The third-order valence-electron chi connectivity index (χ3n) is 7.62. The van der Waals surface area contributed by atoms with E-state index in [1.54, 1.807) is 7.11 Å². The number of methoxy groups -OCH3 is 1. The van der Waals surface area contributed by atoms with Gasteiger partial charge in [0.2, 0.25) is 0 Å². The summed E-state index contributed by atoms with van der Waals surface area (Å²) in [5.74, 6) is 2.42. The minimum atomic E-state index is 0.514. The lowest BCUT2D eigenvalue weighted by Crippen LogP contribution is -2.41. The van der Waals surface area contributed by atoms with Crippen molar-refractivity contribution in [1.82, 2.24) is 0 Å². The number of rotatable bonds is 12. The van der Waals surface area contributed by atoms with Crippen LogP contribution in [0.5, 0.6) is 17.2 Å².